The number of piperazine rings is 1. The number of carbonyl (C=O) groups is 1. The maximum absolute atomic E-state index is 11.4. The van der Waals surface area contributed by atoms with Crippen LogP contribution in [0.15, 0.2) is 0 Å². The molecule has 1 atom stereocenters. The van der Waals surface area contributed by atoms with E-state index in [1.165, 1.54) is 0 Å². The Labute approximate surface area is 72.3 Å². The molecule has 0 radical (unpaired) electrons. The zero-order chi connectivity index (χ0) is 8.39. The maximum Gasteiger partial charge on any atom is 0.236 e. The molecule has 68 valence electrons. The van der Waals surface area contributed by atoms with E-state index in [0.717, 1.165) is 32.6 Å². The number of hydrogen-bond donors (Lipinski definition) is 2. The van der Waals surface area contributed by atoms with Crippen molar-refractivity contribution in [3.8, 4) is 0 Å². The largest absolute Gasteiger partial charge is 0.336 e. The van der Waals surface area contributed by atoms with Crippen LogP contribution >= 0.6 is 0 Å². The maximum atomic E-state index is 11.4. The van der Waals surface area contributed by atoms with Crippen molar-refractivity contribution in [3.63, 3.8) is 0 Å². The molecule has 1 unspecified atom stereocenters. The van der Waals surface area contributed by atoms with E-state index in [4.69, 9.17) is 0 Å². The summed E-state index contributed by atoms with van der Waals surface area (Å²) in [4.78, 5) is 13.4. The Morgan fingerprint density at radius 3 is 3.17 bits per heavy atom. The van der Waals surface area contributed by atoms with Crippen LogP contribution in [0.1, 0.15) is 6.42 Å². The molecule has 0 bridgehead atoms. The van der Waals surface area contributed by atoms with Crippen LogP contribution in [-0.2, 0) is 4.79 Å². The van der Waals surface area contributed by atoms with E-state index in [2.05, 4.69) is 10.6 Å². The molecule has 0 aromatic rings. The third-order valence-electron chi connectivity index (χ3n) is 2.60. The predicted molar refractivity (Wildman–Crippen MR) is 45.9 cm³/mol. The third-order valence-corrected chi connectivity index (χ3v) is 2.60. The van der Waals surface area contributed by atoms with E-state index in [1.807, 2.05) is 4.90 Å². The highest BCUT2D eigenvalue weighted by molar-refractivity contribution is 5.79. The topological polar surface area (TPSA) is 44.4 Å². The highest BCUT2D eigenvalue weighted by Gasteiger charge is 2.28. The minimum absolute atomic E-state index is 0.259. The van der Waals surface area contributed by atoms with Crippen molar-refractivity contribution < 1.29 is 4.79 Å². The Balaban J connectivity index is 2.05. The molecule has 2 N–H and O–H groups in total. The fraction of sp³-hybridized carbons (Fsp3) is 0.875. The number of nitrogens with one attached hydrogen (secondary N) is 2. The Morgan fingerprint density at radius 2 is 2.25 bits per heavy atom. The van der Waals surface area contributed by atoms with Gasteiger partial charge in [-0.25, -0.2) is 0 Å². The number of carbonyl (C=O) groups excluding carboxylic acids is 1. The van der Waals surface area contributed by atoms with Gasteiger partial charge in [-0.3, -0.25) is 4.79 Å². The van der Waals surface area contributed by atoms with Crippen LogP contribution in [0.4, 0.5) is 0 Å². The van der Waals surface area contributed by atoms with Gasteiger partial charge in [-0.2, -0.15) is 0 Å². The van der Waals surface area contributed by atoms with Crippen LogP contribution in [-0.4, -0.2) is 49.6 Å². The minimum Gasteiger partial charge on any atom is -0.336 e. The Hall–Kier alpha value is -0.610. The number of hydrogen-bond acceptors (Lipinski definition) is 3. The molecule has 2 saturated heterocycles. The standard InChI is InChI=1S/C8H15N3O/c12-8-6-10-5-7-1-2-9-3-4-11(7)8/h7,9-10H,1-6H2. The summed E-state index contributed by atoms with van der Waals surface area (Å²) in [5.74, 6) is 0.259. The summed E-state index contributed by atoms with van der Waals surface area (Å²) in [5, 5.41) is 6.44. The van der Waals surface area contributed by atoms with Crippen LogP contribution in [0.5, 0.6) is 0 Å². The smallest absolute Gasteiger partial charge is 0.236 e. The molecule has 0 aromatic heterocycles. The van der Waals surface area contributed by atoms with Gasteiger partial charge >= 0.3 is 0 Å². The summed E-state index contributed by atoms with van der Waals surface area (Å²) < 4.78 is 0. The summed E-state index contributed by atoms with van der Waals surface area (Å²) in [6.45, 7) is 4.35. The monoisotopic (exact) mass is 169 g/mol. The van der Waals surface area contributed by atoms with Gasteiger partial charge in [-0.05, 0) is 13.0 Å². The van der Waals surface area contributed by atoms with Crippen LogP contribution in [0, 0.1) is 0 Å². The normalized spacial score (nSPS) is 31.2. The van der Waals surface area contributed by atoms with Gasteiger partial charge in [-0.15, -0.1) is 0 Å². The molecular formula is C8H15N3O. The second kappa shape index (κ2) is 3.41. The molecule has 4 nitrogen and oxygen atoms in total. The van der Waals surface area contributed by atoms with Crippen LogP contribution in [0.2, 0.25) is 0 Å². The van der Waals surface area contributed by atoms with Crippen molar-refractivity contribution >= 4 is 5.91 Å². The van der Waals surface area contributed by atoms with Gasteiger partial charge in [0.2, 0.25) is 5.91 Å². The lowest BCUT2D eigenvalue weighted by atomic mass is 10.1. The van der Waals surface area contributed by atoms with Gasteiger partial charge in [0.1, 0.15) is 0 Å². The Kier molecular flexibility index (Phi) is 2.28. The summed E-state index contributed by atoms with van der Waals surface area (Å²) in [6, 6.07) is 0.432. The van der Waals surface area contributed by atoms with Crippen molar-refractivity contribution in [3.05, 3.63) is 0 Å². The second-order valence-corrected chi connectivity index (χ2v) is 3.41. The molecule has 2 rings (SSSR count). The summed E-state index contributed by atoms with van der Waals surface area (Å²) in [7, 11) is 0. The number of amides is 1. The average Bonchev–Trinajstić information content (AvgIpc) is 2.30. The van der Waals surface area contributed by atoms with E-state index < -0.39 is 0 Å². The molecule has 0 saturated carbocycles. The number of rotatable bonds is 0. The first kappa shape index (κ1) is 8.01. The van der Waals surface area contributed by atoms with Crippen molar-refractivity contribution in [1.82, 2.24) is 15.5 Å². The van der Waals surface area contributed by atoms with Crippen LogP contribution in [0.25, 0.3) is 0 Å². The summed E-state index contributed by atoms with van der Waals surface area (Å²) in [5.41, 5.74) is 0. The van der Waals surface area contributed by atoms with Crippen molar-refractivity contribution in [2.75, 3.05) is 32.7 Å². The molecule has 2 aliphatic heterocycles. The van der Waals surface area contributed by atoms with Gasteiger partial charge in [-0.1, -0.05) is 0 Å². The second-order valence-electron chi connectivity index (χ2n) is 3.41. The summed E-state index contributed by atoms with van der Waals surface area (Å²) >= 11 is 0. The van der Waals surface area contributed by atoms with E-state index in [0.29, 0.717) is 12.6 Å². The van der Waals surface area contributed by atoms with E-state index >= 15 is 0 Å². The predicted octanol–water partition coefficient (Wildman–Crippen LogP) is -1.22. The van der Waals surface area contributed by atoms with Gasteiger partial charge < -0.3 is 15.5 Å². The van der Waals surface area contributed by atoms with Crippen LogP contribution in [0.3, 0.4) is 0 Å². The SMILES string of the molecule is O=C1CNCC2CCNCCN12. The first-order valence-corrected chi connectivity index (χ1v) is 4.59. The molecule has 2 heterocycles. The fourth-order valence-corrected chi connectivity index (χ4v) is 1.92. The molecule has 0 spiro atoms. The lowest BCUT2D eigenvalue weighted by molar-refractivity contribution is -0.134. The first-order chi connectivity index (χ1) is 5.88. The zero-order valence-electron chi connectivity index (χ0n) is 7.18. The molecule has 1 amide bonds. The Bertz CT molecular complexity index is 183. The Morgan fingerprint density at radius 1 is 1.33 bits per heavy atom. The first-order valence-electron chi connectivity index (χ1n) is 4.59. The molecule has 0 aliphatic carbocycles. The van der Waals surface area contributed by atoms with Crippen LogP contribution < -0.4 is 10.6 Å². The molecule has 12 heavy (non-hydrogen) atoms. The van der Waals surface area contributed by atoms with E-state index in [1.54, 1.807) is 0 Å². The van der Waals surface area contributed by atoms with Gasteiger partial charge in [0, 0.05) is 25.7 Å². The molecule has 2 aliphatic rings. The summed E-state index contributed by atoms with van der Waals surface area (Å²) in [6.07, 6.45) is 1.08. The van der Waals surface area contributed by atoms with E-state index in [9.17, 15) is 4.79 Å². The van der Waals surface area contributed by atoms with Crippen molar-refractivity contribution in [2.24, 2.45) is 0 Å². The fourth-order valence-electron chi connectivity index (χ4n) is 1.92. The average molecular weight is 169 g/mol. The number of fused-ring (bicyclic) bond motifs is 1. The molecule has 2 fully saturated rings. The lowest BCUT2D eigenvalue weighted by Gasteiger charge is -2.34. The van der Waals surface area contributed by atoms with Gasteiger partial charge in [0.15, 0.2) is 0 Å². The molecule has 0 aromatic carbocycles. The molecule has 4 heteroatoms. The lowest BCUT2D eigenvalue weighted by Crippen LogP contribution is -2.54. The van der Waals surface area contributed by atoms with Crippen molar-refractivity contribution in [1.29, 1.82) is 0 Å². The number of nitrogens with zero attached hydrogens (tertiary/aromatic N) is 1. The minimum atomic E-state index is 0.259. The zero-order valence-corrected chi connectivity index (χ0v) is 7.18. The van der Waals surface area contributed by atoms with Gasteiger partial charge in [0.05, 0.1) is 6.54 Å². The highest BCUT2D eigenvalue weighted by atomic mass is 16.2. The van der Waals surface area contributed by atoms with E-state index in [-0.39, 0.29) is 5.91 Å². The van der Waals surface area contributed by atoms with Crippen molar-refractivity contribution in [2.45, 2.75) is 12.5 Å². The third kappa shape index (κ3) is 1.44. The molecular weight excluding hydrogens is 154 g/mol. The quantitative estimate of drug-likeness (QED) is 0.478. The van der Waals surface area contributed by atoms with Gasteiger partial charge in [0.25, 0.3) is 0 Å². The highest BCUT2D eigenvalue weighted by Crippen LogP contribution is 2.09.